The standard InChI is InChI=1S/C25H55NO3Si/c1-6-7-8-9-10-11-12-13-14-15-16-17-18-20-25(23-24(2)26)21-19-22-30(27-3,28-4)29-5/h24-25H,6-23,26H2,1-5H3. The Hall–Kier alpha value is 0.0569. The van der Waals surface area contributed by atoms with Crippen molar-refractivity contribution in [2.75, 3.05) is 21.3 Å². The highest BCUT2D eigenvalue weighted by Gasteiger charge is 2.37. The lowest BCUT2D eigenvalue weighted by Gasteiger charge is -2.25. The van der Waals surface area contributed by atoms with E-state index in [4.69, 9.17) is 19.0 Å². The van der Waals surface area contributed by atoms with Gasteiger partial charge in [0.25, 0.3) is 0 Å². The highest BCUT2D eigenvalue weighted by atomic mass is 28.4. The van der Waals surface area contributed by atoms with Gasteiger partial charge in [0.1, 0.15) is 0 Å². The van der Waals surface area contributed by atoms with E-state index < -0.39 is 8.80 Å². The minimum absolute atomic E-state index is 0.284. The van der Waals surface area contributed by atoms with E-state index in [0.29, 0.717) is 0 Å². The summed E-state index contributed by atoms with van der Waals surface area (Å²) in [6.07, 6.45) is 23.1. The van der Waals surface area contributed by atoms with Crippen LogP contribution in [0.2, 0.25) is 6.04 Å². The Morgan fingerprint density at radius 3 is 1.43 bits per heavy atom. The fourth-order valence-electron chi connectivity index (χ4n) is 4.52. The highest BCUT2D eigenvalue weighted by molar-refractivity contribution is 6.60. The Kier molecular flexibility index (Phi) is 21.0. The Balaban J connectivity index is 3.78. The summed E-state index contributed by atoms with van der Waals surface area (Å²) in [5, 5.41) is 0. The van der Waals surface area contributed by atoms with E-state index in [-0.39, 0.29) is 6.04 Å². The van der Waals surface area contributed by atoms with Gasteiger partial charge in [-0.2, -0.15) is 0 Å². The third-order valence-electron chi connectivity index (χ3n) is 6.45. The van der Waals surface area contributed by atoms with Crippen molar-refractivity contribution in [3.63, 3.8) is 0 Å². The second-order valence-corrected chi connectivity index (χ2v) is 12.4. The molecule has 0 aliphatic carbocycles. The summed E-state index contributed by atoms with van der Waals surface area (Å²) >= 11 is 0. The van der Waals surface area contributed by atoms with Gasteiger partial charge in [-0.3, -0.25) is 0 Å². The molecule has 0 bridgehead atoms. The molecule has 0 saturated heterocycles. The van der Waals surface area contributed by atoms with E-state index >= 15 is 0 Å². The third kappa shape index (κ3) is 16.7. The van der Waals surface area contributed by atoms with E-state index in [0.717, 1.165) is 24.8 Å². The van der Waals surface area contributed by atoms with Gasteiger partial charge >= 0.3 is 8.80 Å². The van der Waals surface area contributed by atoms with Gasteiger partial charge in [-0.05, 0) is 25.7 Å². The minimum atomic E-state index is -2.43. The molecule has 182 valence electrons. The van der Waals surface area contributed by atoms with Gasteiger partial charge in [-0.25, -0.2) is 0 Å². The molecule has 0 saturated carbocycles. The van der Waals surface area contributed by atoms with Gasteiger partial charge in [-0.1, -0.05) is 103 Å². The van der Waals surface area contributed by atoms with Gasteiger partial charge < -0.3 is 19.0 Å². The first-order valence-corrected chi connectivity index (χ1v) is 14.9. The van der Waals surface area contributed by atoms with Crippen molar-refractivity contribution >= 4 is 8.80 Å². The van der Waals surface area contributed by atoms with Gasteiger partial charge in [0.15, 0.2) is 0 Å². The van der Waals surface area contributed by atoms with Gasteiger partial charge in [0, 0.05) is 33.4 Å². The SMILES string of the molecule is CCCCCCCCCCCCCCCC(CCC[Si](OC)(OC)OC)CC(C)N. The summed E-state index contributed by atoms with van der Waals surface area (Å²) in [7, 11) is 2.67. The quantitative estimate of drug-likeness (QED) is 0.131. The molecule has 5 heteroatoms. The second-order valence-electron chi connectivity index (χ2n) is 9.30. The van der Waals surface area contributed by atoms with Crippen LogP contribution >= 0.6 is 0 Å². The molecule has 0 amide bonds. The van der Waals surface area contributed by atoms with Crippen molar-refractivity contribution in [3.05, 3.63) is 0 Å². The molecule has 4 nitrogen and oxygen atoms in total. The molecule has 2 N–H and O–H groups in total. The number of hydrogen-bond donors (Lipinski definition) is 1. The maximum atomic E-state index is 6.11. The maximum Gasteiger partial charge on any atom is 0.500 e. The van der Waals surface area contributed by atoms with Crippen molar-refractivity contribution in [1.29, 1.82) is 0 Å². The summed E-state index contributed by atoms with van der Waals surface area (Å²) < 4.78 is 16.7. The lowest BCUT2D eigenvalue weighted by molar-refractivity contribution is 0.122. The summed E-state index contributed by atoms with van der Waals surface area (Å²) in [6, 6.07) is 1.18. The smallest absolute Gasteiger partial charge is 0.377 e. The maximum absolute atomic E-state index is 6.11. The van der Waals surface area contributed by atoms with Gasteiger partial charge in [0.2, 0.25) is 0 Å². The Morgan fingerprint density at radius 2 is 1.03 bits per heavy atom. The van der Waals surface area contributed by atoms with Crippen molar-refractivity contribution < 1.29 is 13.3 Å². The zero-order chi connectivity index (χ0) is 22.5. The molecule has 0 aromatic rings. The molecule has 0 aliphatic rings. The zero-order valence-corrected chi connectivity index (χ0v) is 22.2. The first-order valence-electron chi connectivity index (χ1n) is 12.9. The summed E-state index contributed by atoms with van der Waals surface area (Å²) in [4.78, 5) is 0. The van der Waals surface area contributed by atoms with Crippen molar-refractivity contribution in [1.82, 2.24) is 0 Å². The molecule has 2 unspecified atom stereocenters. The van der Waals surface area contributed by atoms with Crippen LogP contribution in [-0.2, 0) is 13.3 Å². The first kappa shape index (κ1) is 30.1. The van der Waals surface area contributed by atoms with Crippen molar-refractivity contribution in [2.45, 2.75) is 135 Å². The zero-order valence-electron chi connectivity index (χ0n) is 21.2. The predicted octanol–water partition coefficient (Wildman–Crippen LogP) is 7.48. The molecule has 0 fully saturated rings. The summed E-state index contributed by atoms with van der Waals surface area (Å²) in [5.41, 5.74) is 6.11. The van der Waals surface area contributed by atoms with Crippen LogP contribution in [0, 0.1) is 5.92 Å². The highest BCUT2D eigenvalue weighted by Crippen LogP contribution is 2.25. The van der Waals surface area contributed by atoms with E-state index in [9.17, 15) is 0 Å². The molecule has 0 aromatic heterocycles. The van der Waals surface area contributed by atoms with Crippen LogP contribution in [0.15, 0.2) is 0 Å². The number of unbranched alkanes of at least 4 members (excludes halogenated alkanes) is 12. The lowest BCUT2D eigenvalue weighted by atomic mass is 9.90. The van der Waals surface area contributed by atoms with Gasteiger partial charge in [0.05, 0.1) is 0 Å². The van der Waals surface area contributed by atoms with E-state index in [1.807, 2.05) is 0 Å². The first-order chi connectivity index (χ1) is 14.5. The molecule has 0 spiro atoms. The van der Waals surface area contributed by atoms with E-state index in [1.165, 1.54) is 96.3 Å². The molecular formula is C25H55NO3Si. The Morgan fingerprint density at radius 1 is 0.633 bits per heavy atom. The molecule has 0 aliphatic heterocycles. The lowest BCUT2D eigenvalue weighted by Crippen LogP contribution is -2.42. The van der Waals surface area contributed by atoms with Gasteiger partial charge in [-0.15, -0.1) is 0 Å². The van der Waals surface area contributed by atoms with Crippen LogP contribution < -0.4 is 5.73 Å². The third-order valence-corrected chi connectivity index (χ3v) is 9.28. The number of nitrogens with two attached hydrogens (primary N) is 1. The summed E-state index contributed by atoms with van der Waals surface area (Å²) in [5.74, 6) is 0.718. The monoisotopic (exact) mass is 445 g/mol. The van der Waals surface area contributed by atoms with Crippen LogP contribution in [0.1, 0.15) is 123 Å². The molecule has 0 radical (unpaired) electrons. The molecule has 2 atom stereocenters. The minimum Gasteiger partial charge on any atom is -0.377 e. The average molecular weight is 446 g/mol. The van der Waals surface area contributed by atoms with Crippen molar-refractivity contribution in [3.8, 4) is 0 Å². The molecule has 0 aromatic carbocycles. The largest absolute Gasteiger partial charge is 0.500 e. The summed E-state index contributed by atoms with van der Waals surface area (Å²) in [6.45, 7) is 4.42. The van der Waals surface area contributed by atoms with Crippen LogP contribution in [0.5, 0.6) is 0 Å². The normalized spacial score (nSPS) is 14.2. The Bertz CT molecular complexity index is 343. The number of hydrogen-bond acceptors (Lipinski definition) is 4. The number of rotatable bonds is 23. The molecule has 30 heavy (non-hydrogen) atoms. The Labute approximate surface area is 190 Å². The van der Waals surface area contributed by atoms with E-state index in [2.05, 4.69) is 13.8 Å². The van der Waals surface area contributed by atoms with Crippen LogP contribution in [0.3, 0.4) is 0 Å². The van der Waals surface area contributed by atoms with Crippen LogP contribution in [-0.4, -0.2) is 36.2 Å². The predicted molar refractivity (Wildman–Crippen MR) is 133 cm³/mol. The van der Waals surface area contributed by atoms with Crippen LogP contribution in [0.25, 0.3) is 0 Å². The van der Waals surface area contributed by atoms with E-state index in [1.54, 1.807) is 21.3 Å². The van der Waals surface area contributed by atoms with Crippen molar-refractivity contribution in [2.24, 2.45) is 11.7 Å². The second kappa shape index (κ2) is 20.9. The molecular weight excluding hydrogens is 390 g/mol. The molecule has 0 rings (SSSR count). The van der Waals surface area contributed by atoms with Crippen LogP contribution in [0.4, 0.5) is 0 Å². The fourth-order valence-corrected chi connectivity index (χ4v) is 6.27. The topological polar surface area (TPSA) is 53.7 Å². The average Bonchev–Trinajstić information content (AvgIpc) is 2.74. The fraction of sp³-hybridized carbons (Fsp3) is 1.00. The molecule has 0 heterocycles.